The summed E-state index contributed by atoms with van der Waals surface area (Å²) in [6.45, 7) is 7.65. The predicted octanol–water partition coefficient (Wildman–Crippen LogP) is 6.57. The number of H-pyrrole nitrogens is 1. The third-order valence-electron chi connectivity index (χ3n) is 7.10. The summed E-state index contributed by atoms with van der Waals surface area (Å²) in [5, 5.41) is 10.7. The number of hydrogen-bond donors (Lipinski definition) is 2. The zero-order chi connectivity index (χ0) is 33.1. The second-order valence-electron chi connectivity index (χ2n) is 10.1. The minimum absolute atomic E-state index is 0.00880. The van der Waals surface area contributed by atoms with Crippen LogP contribution in [0.25, 0.3) is 21.6 Å². The van der Waals surface area contributed by atoms with Gasteiger partial charge in [0.1, 0.15) is 9.22 Å². The van der Waals surface area contributed by atoms with Crippen LogP contribution < -0.4 is 4.31 Å². The normalized spacial score (nSPS) is 14.0. The molecular formula is C30H36F2N4O7S3. The fourth-order valence-electron chi connectivity index (χ4n) is 5.00. The number of hydrogen-bond acceptors (Lipinski definition) is 11. The summed E-state index contributed by atoms with van der Waals surface area (Å²) < 4.78 is 60.9. The van der Waals surface area contributed by atoms with Crippen molar-refractivity contribution in [3.05, 3.63) is 65.2 Å². The van der Waals surface area contributed by atoms with Gasteiger partial charge in [0.15, 0.2) is 6.26 Å². The van der Waals surface area contributed by atoms with Crippen molar-refractivity contribution >= 4 is 55.3 Å². The predicted molar refractivity (Wildman–Crippen MR) is 173 cm³/mol. The van der Waals surface area contributed by atoms with Crippen LogP contribution in [0.15, 0.2) is 64.5 Å². The molecule has 16 heteroatoms. The summed E-state index contributed by atoms with van der Waals surface area (Å²) >= 11 is 2.82. The molecule has 0 saturated carbocycles. The lowest BCUT2D eigenvalue weighted by Gasteiger charge is -2.30. The Morgan fingerprint density at radius 1 is 1.20 bits per heavy atom. The molecule has 5 rings (SSSR count). The molecule has 1 aliphatic rings. The van der Waals surface area contributed by atoms with Crippen LogP contribution in [0.4, 0.5) is 14.5 Å². The van der Waals surface area contributed by atoms with Gasteiger partial charge in [0.25, 0.3) is 10.0 Å². The molecule has 0 amide bonds. The van der Waals surface area contributed by atoms with Crippen LogP contribution in [0, 0.1) is 5.92 Å². The number of carbonyl (C=O) groups excluding carboxylic acids is 1. The molecule has 2 N–H and O–H groups in total. The second-order valence-corrected chi connectivity index (χ2v) is 14.2. The van der Waals surface area contributed by atoms with Gasteiger partial charge in [-0.2, -0.15) is 8.78 Å². The van der Waals surface area contributed by atoms with Gasteiger partial charge in [0.2, 0.25) is 0 Å². The number of rotatable bonds is 13. The lowest BCUT2D eigenvalue weighted by molar-refractivity contribution is -0.189. The smallest absolute Gasteiger partial charge is 0.309 e. The number of piperidine rings is 1. The first kappa shape index (κ1) is 35.4. The van der Waals surface area contributed by atoms with E-state index in [0.29, 0.717) is 23.1 Å². The van der Waals surface area contributed by atoms with Crippen LogP contribution in [0.2, 0.25) is 0 Å². The molecule has 0 atom stereocenters. The number of sulfonamides is 1. The van der Waals surface area contributed by atoms with Crippen molar-refractivity contribution in [2.75, 3.05) is 43.8 Å². The van der Waals surface area contributed by atoms with Crippen molar-refractivity contribution in [1.29, 1.82) is 0 Å². The molecule has 1 aromatic carbocycles. The Labute approximate surface area is 274 Å². The molecule has 0 unspecified atom stereocenters. The van der Waals surface area contributed by atoms with Crippen LogP contribution in [-0.4, -0.2) is 74.0 Å². The van der Waals surface area contributed by atoms with Crippen molar-refractivity contribution in [1.82, 2.24) is 14.9 Å². The van der Waals surface area contributed by atoms with E-state index >= 15 is 0 Å². The molecule has 1 aliphatic heterocycles. The molecule has 3 aromatic heterocycles. The van der Waals surface area contributed by atoms with Gasteiger partial charge in [0.05, 0.1) is 42.6 Å². The number of aromatic amines is 1. The van der Waals surface area contributed by atoms with Gasteiger partial charge < -0.3 is 19.3 Å². The highest BCUT2D eigenvalue weighted by Crippen LogP contribution is 2.36. The van der Waals surface area contributed by atoms with Crippen molar-refractivity contribution in [2.45, 2.75) is 37.4 Å². The Morgan fingerprint density at radius 3 is 2.61 bits per heavy atom. The van der Waals surface area contributed by atoms with Crippen LogP contribution in [0.1, 0.15) is 31.6 Å². The van der Waals surface area contributed by atoms with Gasteiger partial charge in [-0.1, -0.05) is 18.2 Å². The summed E-state index contributed by atoms with van der Waals surface area (Å²) in [5.74, 6) is -0.0921. The topological polar surface area (TPSA) is 134 Å². The van der Waals surface area contributed by atoms with E-state index in [9.17, 15) is 22.0 Å². The van der Waals surface area contributed by atoms with Gasteiger partial charge >= 0.3 is 12.0 Å². The van der Waals surface area contributed by atoms with E-state index in [4.69, 9.17) is 14.7 Å². The number of likely N-dealkylation sites (tertiary alicyclic amines) is 1. The number of halogens is 2. The standard InChI is InChI=1S/C28H34N4O5S3.C2H2F2O2/c1-3-36-15-14-32(40(34,35)25-9-6-16-38-25)24-8-5-7-21-17-23(30-26(21)24)27-29-18-22(39-27)19-31-12-10-20(11-13-31)28(33)37-4-2;3-2(4)1-6-5/h5-9,16-18,20,30H,3-4,10-15,19H2,1-2H3;1,5H. The zero-order valence-electron chi connectivity index (χ0n) is 25.4. The van der Waals surface area contributed by atoms with Gasteiger partial charge in [-0.3, -0.25) is 14.0 Å². The quantitative estimate of drug-likeness (QED) is 0.0523. The Bertz CT molecular complexity index is 1680. The number of nitrogens with one attached hydrogen (secondary N) is 1. The van der Waals surface area contributed by atoms with E-state index in [1.54, 1.807) is 28.8 Å². The Morgan fingerprint density at radius 2 is 1.98 bits per heavy atom. The molecule has 11 nitrogen and oxygen atoms in total. The molecule has 1 fully saturated rings. The number of carbonyl (C=O) groups is 1. The lowest BCUT2D eigenvalue weighted by atomic mass is 9.97. The molecular weight excluding hydrogens is 663 g/mol. The first-order chi connectivity index (χ1) is 22.2. The molecule has 250 valence electrons. The summed E-state index contributed by atoms with van der Waals surface area (Å²) in [7, 11) is -3.76. The number of thiophene rings is 1. The second kappa shape index (κ2) is 16.9. The molecule has 0 spiro atoms. The van der Waals surface area contributed by atoms with Crippen LogP contribution in [0.3, 0.4) is 0 Å². The maximum absolute atomic E-state index is 13.6. The van der Waals surface area contributed by atoms with Crippen molar-refractivity contribution < 1.29 is 41.6 Å². The molecule has 1 saturated heterocycles. The number of esters is 1. The largest absolute Gasteiger partial charge is 0.466 e. The lowest BCUT2D eigenvalue weighted by Crippen LogP contribution is -2.36. The Hall–Kier alpha value is -3.41. The highest BCUT2D eigenvalue weighted by Gasteiger charge is 2.29. The maximum atomic E-state index is 13.6. The number of nitrogens with zero attached hydrogens (tertiary/aromatic N) is 3. The number of anilines is 1. The summed E-state index contributed by atoms with van der Waals surface area (Å²) in [6.07, 6.45) is 1.39. The first-order valence-corrected chi connectivity index (χ1v) is 17.7. The number of aromatic nitrogens is 2. The molecule has 4 heterocycles. The molecule has 0 bridgehead atoms. The van der Waals surface area contributed by atoms with Gasteiger partial charge in [-0.05, 0) is 63.4 Å². The first-order valence-electron chi connectivity index (χ1n) is 14.6. The highest BCUT2D eigenvalue weighted by atomic mass is 32.2. The minimum Gasteiger partial charge on any atom is -0.466 e. The SMILES string of the molecule is CCOCCN(c1cccc2cc(-c3ncc(CN4CCC(C(=O)OCC)CC4)s3)[nH]c12)S(=O)(=O)c1cccs1.OOC=C(F)F. The molecule has 46 heavy (non-hydrogen) atoms. The van der Waals surface area contributed by atoms with Crippen molar-refractivity contribution in [2.24, 2.45) is 5.92 Å². The van der Waals surface area contributed by atoms with Crippen LogP contribution in [0.5, 0.6) is 0 Å². The number of thiazole rings is 1. The number of ether oxygens (including phenoxy) is 2. The van der Waals surface area contributed by atoms with E-state index in [-0.39, 0.29) is 31.3 Å². The monoisotopic (exact) mass is 698 g/mol. The number of fused-ring (bicyclic) bond motifs is 1. The average Bonchev–Trinajstić information content (AvgIpc) is 3.82. The highest BCUT2D eigenvalue weighted by molar-refractivity contribution is 7.94. The maximum Gasteiger partial charge on any atom is 0.309 e. The number of para-hydroxylation sites is 1. The van der Waals surface area contributed by atoms with E-state index in [1.807, 2.05) is 44.3 Å². The Kier molecular flexibility index (Phi) is 13.1. The van der Waals surface area contributed by atoms with E-state index in [1.165, 1.54) is 15.6 Å². The van der Waals surface area contributed by atoms with Gasteiger partial charge in [-0.25, -0.2) is 18.7 Å². The van der Waals surface area contributed by atoms with E-state index in [2.05, 4.69) is 19.8 Å². The minimum atomic E-state index is -3.76. The molecule has 4 aromatic rings. The third-order valence-corrected chi connectivity index (χ3v) is 11.3. The zero-order valence-corrected chi connectivity index (χ0v) is 27.8. The summed E-state index contributed by atoms with van der Waals surface area (Å²) in [5.41, 5.74) is 2.17. The fraction of sp³-hybridized carbons (Fsp3) is 0.400. The molecule has 0 aliphatic carbocycles. The molecule has 0 radical (unpaired) electrons. The fourth-order valence-corrected chi connectivity index (χ4v) is 8.49. The van der Waals surface area contributed by atoms with E-state index < -0.39 is 16.1 Å². The summed E-state index contributed by atoms with van der Waals surface area (Å²) in [6, 6.07) is 11.1. The van der Waals surface area contributed by atoms with Crippen LogP contribution in [-0.2, 0) is 35.7 Å². The van der Waals surface area contributed by atoms with Gasteiger partial charge in [0, 0.05) is 29.6 Å². The Balaban J connectivity index is 0.000000731. The van der Waals surface area contributed by atoms with Gasteiger partial charge in [-0.15, -0.1) is 22.7 Å². The van der Waals surface area contributed by atoms with Crippen molar-refractivity contribution in [3.8, 4) is 10.7 Å². The average molecular weight is 699 g/mol. The third kappa shape index (κ3) is 9.11. The number of benzene rings is 1. The summed E-state index contributed by atoms with van der Waals surface area (Å²) in [4.78, 5) is 26.6. The van der Waals surface area contributed by atoms with E-state index in [0.717, 1.165) is 59.0 Å². The van der Waals surface area contributed by atoms with Crippen molar-refractivity contribution in [3.63, 3.8) is 0 Å². The van der Waals surface area contributed by atoms with Crippen LogP contribution >= 0.6 is 22.7 Å².